The summed E-state index contributed by atoms with van der Waals surface area (Å²) in [6.07, 6.45) is 4.40. The van der Waals surface area contributed by atoms with Crippen molar-refractivity contribution in [1.82, 2.24) is 4.90 Å². The third-order valence-corrected chi connectivity index (χ3v) is 7.69. The van der Waals surface area contributed by atoms with E-state index in [0.29, 0.717) is 34.6 Å². The van der Waals surface area contributed by atoms with Crippen molar-refractivity contribution in [2.45, 2.75) is 45.2 Å². The molecule has 0 spiro atoms. The average Bonchev–Trinajstić information content (AvgIpc) is 3.25. The van der Waals surface area contributed by atoms with Gasteiger partial charge in [-0.15, -0.1) is 0 Å². The molecule has 1 amide bonds. The molecule has 208 valence electrons. The Morgan fingerprint density at radius 2 is 1.70 bits per heavy atom. The molecule has 7 nitrogen and oxygen atoms in total. The van der Waals surface area contributed by atoms with Crippen molar-refractivity contribution in [3.63, 3.8) is 0 Å². The van der Waals surface area contributed by atoms with Crippen molar-refractivity contribution in [2.24, 2.45) is 0 Å². The number of rotatable bonds is 11. The first kappa shape index (κ1) is 27.8. The molecular weight excluding hydrogens is 574 g/mol. The number of benzene rings is 3. The van der Waals surface area contributed by atoms with E-state index in [9.17, 15) is 9.59 Å². The molecule has 1 aliphatic heterocycles. The van der Waals surface area contributed by atoms with Gasteiger partial charge in [-0.2, -0.15) is 0 Å². The highest BCUT2D eigenvalue weighted by Gasteiger charge is 2.43. The minimum absolute atomic E-state index is 0.0635. The Balaban J connectivity index is 1.57. The zero-order chi connectivity index (χ0) is 28.2. The second-order valence-corrected chi connectivity index (χ2v) is 10.7. The van der Waals surface area contributed by atoms with E-state index < -0.39 is 6.04 Å². The molecule has 1 aromatic heterocycles. The van der Waals surface area contributed by atoms with Crippen LogP contribution in [0.25, 0.3) is 11.0 Å². The number of ether oxygens (including phenoxy) is 3. The molecule has 40 heavy (non-hydrogen) atoms. The number of carbonyl (C=O) groups is 1. The molecule has 1 unspecified atom stereocenters. The maximum Gasteiger partial charge on any atom is 0.291 e. The van der Waals surface area contributed by atoms with E-state index in [-0.39, 0.29) is 23.6 Å². The molecule has 0 saturated carbocycles. The standard InChI is InChI=1S/C32H32BrNO6/c1-4-5-6-7-16-39-26-14-10-21(17-27(26)38-3)29-28-30(35)24-18-22(33)11-15-25(24)40-31(28)32(36)34(29)19-20-8-12-23(37-2)13-9-20/h8-15,17-18,29H,4-7,16,19H2,1-3H3. The first-order valence-corrected chi connectivity index (χ1v) is 14.2. The minimum atomic E-state index is -0.670. The van der Waals surface area contributed by atoms with Gasteiger partial charge < -0.3 is 23.5 Å². The molecule has 0 aliphatic carbocycles. The number of amides is 1. The molecule has 4 aromatic rings. The first-order valence-electron chi connectivity index (χ1n) is 13.5. The van der Waals surface area contributed by atoms with Crippen LogP contribution in [0.1, 0.15) is 65.9 Å². The van der Waals surface area contributed by atoms with Gasteiger partial charge in [-0.3, -0.25) is 9.59 Å². The van der Waals surface area contributed by atoms with Crippen molar-refractivity contribution in [2.75, 3.05) is 20.8 Å². The van der Waals surface area contributed by atoms with Crippen molar-refractivity contribution < 1.29 is 23.4 Å². The first-order chi connectivity index (χ1) is 19.4. The summed E-state index contributed by atoms with van der Waals surface area (Å²) in [7, 11) is 3.20. The Morgan fingerprint density at radius 1 is 0.900 bits per heavy atom. The second-order valence-electron chi connectivity index (χ2n) is 9.82. The van der Waals surface area contributed by atoms with Gasteiger partial charge in [0, 0.05) is 11.0 Å². The molecule has 0 radical (unpaired) electrons. The fourth-order valence-electron chi connectivity index (χ4n) is 5.11. The van der Waals surface area contributed by atoms with E-state index in [0.717, 1.165) is 40.6 Å². The lowest BCUT2D eigenvalue weighted by Crippen LogP contribution is -2.29. The SMILES string of the molecule is CCCCCCOc1ccc(C2c3c(oc4ccc(Br)cc4c3=O)C(=O)N2Cc2ccc(OC)cc2)cc1OC. The van der Waals surface area contributed by atoms with Crippen LogP contribution in [0.15, 0.2) is 74.3 Å². The third-order valence-electron chi connectivity index (χ3n) is 7.20. The van der Waals surface area contributed by atoms with Crippen LogP contribution in [0.3, 0.4) is 0 Å². The zero-order valence-corrected chi connectivity index (χ0v) is 24.5. The van der Waals surface area contributed by atoms with Crippen LogP contribution in [-0.4, -0.2) is 31.6 Å². The van der Waals surface area contributed by atoms with E-state index in [4.69, 9.17) is 18.6 Å². The highest BCUT2D eigenvalue weighted by atomic mass is 79.9. The molecule has 3 aromatic carbocycles. The summed E-state index contributed by atoms with van der Waals surface area (Å²) in [6, 6.07) is 17.6. The Bertz CT molecular complexity index is 1580. The van der Waals surface area contributed by atoms with Gasteiger partial charge in [0.05, 0.1) is 37.8 Å². The molecule has 2 heterocycles. The van der Waals surface area contributed by atoms with Gasteiger partial charge in [0.15, 0.2) is 16.9 Å². The lowest BCUT2D eigenvalue weighted by Gasteiger charge is -2.26. The largest absolute Gasteiger partial charge is 0.497 e. The summed E-state index contributed by atoms with van der Waals surface area (Å²) in [4.78, 5) is 29.4. The molecule has 1 atom stereocenters. The van der Waals surface area contributed by atoms with Crippen LogP contribution in [0.5, 0.6) is 17.2 Å². The van der Waals surface area contributed by atoms with Gasteiger partial charge >= 0.3 is 0 Å². The molecule has 0 fully saturated rings. The minimum Gasteiger partial charge on any atom is -0.497 e. The van der Waals surface area contributed by atoms with Crippen LogP contribution >= 0.6 is 15.9 Å². The van der Waals surface area contributed by atoms with Gasteiger partial charge in [-0.25, -0.2) is 0 Å². The van der Waals surface area contributed by atoms with Crippen molar-refractivity contribution >= 4 is 32.8 Å². The summed E-state index contributed by atoms with van der Waals surface area (Å²) in [5.74, 6) is 1.62. The van der Waals surface area contributed by atoms with E-state index in [2.05, 4.69) is 22.9 Å². The predicted octanol–water partition coefficient (Wildman–Crippen LogP) is 7.28. The lowest BCUT2D eigenvalue weighted by molar-refractivity contribution is 0.0714. The van der Waals surface area contributed by atoms with Crippen LogP contribution in [0.4, 0.5) is 0 Å². The summed E-state index contributed by atoms with van der Waals surface area (Å²) in [5, 5.41) is 0.413. The Kier molecular flexibility index (Phi) is 8.45. The molecule has 0 saturated heterocycles. The number of carbonyl (C=O) groups excluding carboxylic acids is 1. The molecular formula is C32H32BrNO6. The van der Waals surface area contributed by atoms with Crippen molar-refractivity contribution in [3.05, 3.63) is 97.8 Å². The molecule has 1 aliphatic rings. The number of hydrogen-bond acceptors (Lipinski definition) is 6. The average molecular weight is 607 g/mol. The monoisotopic (exact) mass is 605 g/mol. The van der Waals surface area contributed by atoms with E-state index in [1.807, 2.05) is 42.5 Å². The molecule has 0 N–H and O–H groups in total. The number of methoxy groups -OCH3 is 2. The van der Waals surface area contributed by atoms with Crippen molar-refractivity contribution in [1.29, 1.82) is 0 Å². The van der Waals surface area contributed by atoms with Crippen LogP contribution in [-0.2, 0) is 6.54 Å². The van der Waals surface area contributed by atoms with Gasteiger partial charge in [0.1, 0.15) is 11.3 Å². The summed E-state index contributed by atoms with van der Waals surface area (Å²) >= 11 is 3.45. The topological polar surface area (TPSA) is 78.2 Å². The van der Waals surface area contributed by atoms with E-state index >= 15 is 0 Å². The highest BCUT2D eigenvalue weighted by molar-refractivity contribution is 9.10. The smallest absolute Gasteiger partial charge is 0.291 e. The highest BCUT2D eigenvalue weighted by Crippen LogP contribution is 2.42. The van der Waals surface area contributed by atoms with Gasteiger partial charge in [-0.1, -0.05) is 60.3 Å². The third kappa shape index (κ3) is 5.45. The predicted molar refractivity (Wildman–Crippen MR) is 158 cm³/mol. The van der Waals surface area contributed by atoms with Crippen molar-refractivity contribution in [3.8, 4) is 17.2 Å². The van der Waals surface area contributed by atoms with E-state index in [1.165, 1.54) is 6.42 Å². The number of fused-ring (bicyclic) bond motifs is 2. The number of hydrogen-bond donors (Lipinski definition) is 0. The summed E-state index contributed by atoms with van der Waals surface area (Å²) < 4.78 is 23.8. The quantitative estimate of drug-likeness (QED) is 0.167. The van der Waals surface area contributed by atoms with Crippen LogP contribution in [0, 0.1) is 0 Å². The molecule has 8 heteroatoms. The number of nitrogens with zero attached hydrogens (tertiary/aromatic N) is 1. The van der Waals surface area contributed by atoms with Gasteiger partial charge in [-0.05, 0) is 60.0 Å². The molecule has 5 rings (SSSR count). The Labute approximate surface area is 241 Å². The maximum absolute atomic E-state index is 13.9. The number of unbranched alkanes of at least 4 members (excludes halogenated alkanes) is 3. The van der Waals surface area contributed by atoms with Gasteiger partial charge in [0.2, 0.25) is 5.76 Å². The van der Waals surface area contributed by atoms with Gasteiger partial charge in [0.25, 0.3) is 5.91 Å². The van der Waals surface area contributed by atoms with Crippen LogP contribution in [0.2, 0.25) is 0 Å². The number of halogens is 1. The Hall–Kier alpha value is -3.78. The maximum atomic E-state index is 13.9. The van der Waals surface area contributed by atoms with Crippen LogP contribution < -0.4 is 19.6 Å². The normalized spacial score (nSPS) is 14.4. The van der Waals surface area contributed by atoms with E-state index in [1.54, 1.807) is 37.3 Å². The fraction of sp³-hybridized carbons (Fsp3) is 0.312. The second kappa shape index (κ2) is 12.2. The Morgan fingerprint density at radius 3 is 2.42 bits per heavy atom. The summed E-state index contributed by atoms with van der Waals surface area (Å²) in [6.45, 7) is 3.04. The molecule has 0 bridgehead atoms. The fourth-order valence-corrected chi connectivity index (χ4v) is 5.48. The lowest BCUT2D eigenvalue weighted by atomic mass is 9.97. The summed E-state index contributed by atoms with van der Waals surface area (Å²) in [5.41, 5.74) is 2.08. The zero-order valence-electron chi connectivity index (χ0n) is 22.9.